The van der Waals surface area contributed by atoms with E-state index >= 15 is 0 Å². The number of anilines is 1. The zero-order valence-corrected chi connectivity index (χ0v) is 12.8. The molecule has 0 aliphatic rings. The summed E-state index contributed by atoms with van der Waals surface area (Å²) in [5, 5.41) is 12.2. The minimum atomic E-state index is 0.0328. The molecule has 0 saturated heterocycles. The Labute approximate surface area is 130 Å². The zero-order valence-electron chi connectivity index (χ0n) is 10.4. The van der Waals surface area contributed by atoms with Crippen LogP contribution in [-0.2, 0) is 6.54 Å². The maximum absolute atomic E-state index is 8.57. The average Bonchev–Trinajstić information content (AvgIpc) is 2.47. The molecule has 0 radical (unpaired) electrons. The van der Waals surface area contributed by atoms with Crippen molar-refractivity contribution in [1.82, 2.24) is 4.98 Å². The Morgan fingerprint density at radius 1 is 1.40 bits per heavy atom. The SMILES string of the molecule is N#CCOc1ccccc1CNc1cnc(Cl)c(Br)c1. The van der Waals surface area contributed by atoms with E-state index in [9.17, 15) is 0 Å². The molecule has 0 fully saturated rings. The number of halogens is 2. The summed E-state index contributed by atoms with van der Waals surface area (Å²) in [5.41, 5.74) is 1.81. The minimum absolute atomic E-state index is 0.0328. The van der Waals surface area contributed by atoms with Crippen LogP contribution in [0.25, 0.3) is 0 Å². The molecule has 0 bridgehead atoms. The monoisotopic (exact) mass is 351 g/mol. The molecule has 2 aromatic rings. The number of aromatic nitrogens is 1. The van der Waals surface area contributed by atoms with Gasteiger partial charge in [-0.25, -0.2) is 4.98 Å². The predicted molar refractivity (Wildman–Crippen MR) is 81.8 cm³/mol. The second-order valence-electron chi connectivity index (χ2n) is 3.90. The van der Waals surface area contributed by atoms with Gasteiger partial charge in [-0.1, -0.05) is 29.8 Å². The molecule has 20 heavy (non-hydrogen) atoms. The largest absolute Gasteiger partial charge is 0.478 e. The first kappa shape index (κ1) is 14.6. The predicted octanol–water partition coefficient (Wildman–Crippen LogP) is 4.01. The van der Waals surface area contributed by atoms with Crippen molar-refractivity contribution in [3.8, 4) is 11.8 Å². The first-order valence-electron chi connectivity index (χ1n) is 5.83. The van der Waals surface area contributed by atoms with Crippen molar-refractivity contribution in [3.63, 3.8) is 0 Å². The van der Waals surface area contributed by atoms with Crippen molar-refractivity contribution in [3.05, 3.63) is 51.7 Å². The van der Waals surface area contributed by atoms with Crippen LogP contribution < -0.4 is 10.1 Å². The number of nitrogens with one attached hydrogen (secondary N) is 1. The number of pyridine rings is 1. The Balaban J connectivity index is 2.06. The Morgan fingerprint density at radius 2 is 2.20 bits per heavy atom. The van der Waals surface area contributed by atoms with Crippen LogP contribution in [0, 0.1) is 11.3 Å². The van der Waals surface area contributed by atoms with Crippen LogP contribution in [0.2, 0.25) is 5.15 Å². The van der Waals surface area contributed by atoms with Crippen molar-refractivity contribution in [1.29, 1.82) is 5.26 Å². The molecule has 2 rings (SSSR count). The van der Waals surface area contributed by atoms with Gasteiger partial charge in [0.1, 0.15) is 17.0 Å². The molecular formula is C14H11BrClN3O. The molecule has 0 aliphatic heterocycles. The standard InChI is InChI=1S/C14H11BrClN3O/c15-12-7-11(9-19-14(12)16)18-8-10-3-1-2-4-13(10)20-6-5-17/h1-4,7,9,18H,6,8H2. The molecule has 0 saturated carbocycles. The maximum Gasteiger partial charge on any atom is 0.174 e. The number of hydrogen-bond donors (Lipinski definition) is 1. The summed E-state index contributed by atoms with van der Waals surface area (Å²) in [6.07, 6.45) is 1.66. The second kappa shape index (κ2) is 7.13. The molecular weight excluding hydrogens is 342 g/mol. The number of ether oxygens (including phenoxy) is 1. The fraction of sp³-hybridized carbons (Fsp3) is 0.143. The lowest BCUT2D eigenvalue weighted by Crippen LogP contribution is -2.03. The first-order valence-corrected chi connectivity index (χ1v) is 7.00. The molecule has 6 heteroatoms. The number of nitriles is 1. The summed E-state index contributed by atoms with van der Waals surface area (Å²) in [7, 11) is 0. The van der Waals surface area contributed by atoms with E-state index in [0.29, 0.717) is 17.4 Å². The van der Waals surface area contributed by atoms with Gasteiger partial charge in [-0.2, -0.15) is 5.26 Å². The lowest BCUT2D eigenvalue weighted by Gasteiger charge is -2.11. The molecule has 1 aromatic carbocycles. The lowest BCUT2D eigenvalue weighted by molar-refractivity contribution is 0.364. The van der Waals surface area contributed by atoms with E-state index in [1.807, 2.05) is 36.4 Å². The van der Waals surface area contributed by atoms with Gasteiger partial charge in [0.25, 0.3) is 0 Å². The summed E-state index contributed by atoms with van der Waals surface area (Å²) in [6.45, 7) is 0.600. The third-order valence-electron chi connectivity index (χ3n) is 2.54. The van der Waals surface area contributed by atoms with Gasteiger partial charge in [0.2, 0.25) is 0 Å². The van der Waals surface area contributed by atoms with Gasteiger partial charge < -0.3 is 10.1 Å². The average molecular weight is 353 g/mol. The van der Waals surface area contributed by atoms with Gasteiger partial charge in [0.05, 0.1) is 16.4 Å². The van der Waals surface area contributed by atoms with E-state index < -0.39 is 0 Å². The normalized spacial score (nSPS) is 9.85. The molecule has 1 aromatic heterocycles. The number of para-hydroxylation sites is 1. The van der Waals surface area contributed by atoms with Crippen LogP contribution >= 0.6 is 27.5 Å². The zero-order chi connectivity index (χ0) is 14.4. The fourth-order valence-electron chi connectivity index (χ4n) is 1.62. The Bertz CT molecular complexity index is 643. The molecule has 0 unspecified atom stereocenters. The quantitative estimate of drug-likeness (QED) is 0.826. The van der Waals surface area contributed by atoms with E-state index in [1.54, 1.807) is 6.20 Å². The van der Waals surface area contributed by atoms with Gasteiger partial charge in [-0.3, -0.25) is 0 Å². The van der Waals surface area contributed by atoms with Crippen LogP contribution in [-0.4, -0.2) is 11.6 Å². The number of hydrogen-bond acceptors (Lipinski definition) is 4. The third-order valence-corrected chi connectivity index (χ3v) is 3.68. The number of nitrogens with zero attached hydrogens (tertiary/aromatic N) is 2. The highest BCUT2D eigenvalue weighted by Crippen LogP contribution is 2.24. The topological polar surface area (TPSA) is 57.9 Å². The summed E-state index contributed by atoms with van der Waals surface area (Å²) in [6, 6.07) is 11.4. The Kier molecular flexibility index (Phi) is 5.22. The van der Waals surface area contributed by atoms with E-state index in [0.717, 1.165) is 15.7 Å². The molecule has 0 amide bonds. The molecule has 4 nitrogen and oxygen atoms in total. The minimum Gasteiger partial charge on any atom is -0.478 e. The van der Waals surface area contributed by atoms with E-state index in [1.165, 1.54) is 0 Å². The van der Waals surface area contributed by atoms with E-state index in [-0.39, 0.29) is 6.61 Å². The van der Waals surface area contributed by atoms with Crippen LogP contribution in [0.15, 0.2) is 41.0 Å². The summed E-state index contributed by atoms with van der Waals surface area (Å²) in [5.74, 6) is 0.697. The van der Waals surface area contributed by atoms with Crippen LogP contribution in [0.3, 0.4) is 0 Å². The third kappa shape index (κ3) is 3.86. The summed E-state index contributed by atoms with van der Waals surface area (Å²) < 4.78 is 6.10. The molecule has 0 aliphatic carbocycles. The van der Waals surface area contributed by atoms with Gasteiger partial charge >= 0.3 is 0 Å². The molecule has 1 heterocycles. The summed E-state index contributed by atoms with van der Waals surface area (Å²) >= 11 is 9.17. The van der Waals surface area contributed by atoms with E-state index in [2.05, 4.69) is 26.2 Å². The van der Waals surface area contributed by atoms with Gasteiger partial charge in [-0.15, -0.1) is 0 Å². The van der Waals surface area contributed by atoms with Crippen molar-refractivity contribution in [2.45, 2.75) is 6.54 Å². The van der Waals surface area contributed by atoms with Crippen molar-refractivity contribution in [2.24, 2.45) is 0 Å². The maximum atomic E-state index is 8.57. The highest BCUT2D eigenvalue weighted by molar-refractivity contribution is 9.10. The molecule has 0 atom stereocenters. The van der Waals surface area contributed by atoms with Crippen LogP contribution in [0.5, 0.6) is 5.75 Å². The van der Waals surface area contributed by atoms with Gasteiger partial charge in [-0.05, 0) is 28.1 Å². The number of benzene rings is 1. The van der Waals surface area contributed by atoms with Gasteiger partial charge in [0, 0.05) is 12.1 Å². The van der Waals surface area contributed by atoms with E-state index in [4.69, 9.17) is 21.6 Å². The highest BCUT2D eigenvalue weighted by atomic mass is 79.9. The first-order chi connectivity index (χ1) is 9.70. The van der Waals surface area contributed by atoms with Crippen molar-refractivity contribution in [2.75, 3.05) is 11.9 Å². The Hall–Kier alpha value is -1.77. The fourth-order valence-corrected chi connectivity index (χ4v) is 2.07. The summed E-state index contributed by atoms with van der Waals surface area (Å²) in [4.78, 5) is 4.04. The van der Waals surface area contributed by atoms with Crippen molar-refractivity contribution >= 4 is 33.2 Å². The Morgan fingerprint density at radius 3 is 2.95 bits per heavy atom. The number of rotatable bonds is 5. The highest BCUT2D eigenvalue weighted by Gasteiger charge is 2.04. The molecule has 102 valence electrons. The molecule has 1 N–H and O–H groups in total. The van der Waals surface area contributed by atoms with Crippen molar-refractivity contribution < 1.29 is 4.74 Å². The van der Waals surface area contributed by atoms with Crippen LogP contribution in [0.4, 0.5) is 5.69 Å². The lowest BCUT2D eigenvalue weighted by atomic mass is 10.2. The molecule has 0 spiro atoms. The smallest absolute Gasteiger partial charge is 0.174 e. The van der Waals surface area contributed by atoms with Crippen LogP contribution in [0.1, 0.15) is 5.56 Å². The van der Waals surface area contributed by atoms with Gasteiger partial charge in [0.15, 0.2) is 6.61 Å². The second-order valence-corrected chi connectivity index (χ2v) is 5.12.